The maximum Gasteiger partial charge on any atom is -0.0320 e. The lowest BCUT2D eigenvalue weighted by Crippen LogP contribution is -1.90. The van der Waals surface area contributed by atoms with Gasteiger partial charge >= 0.3 is 0 Å². The molecule has 0 aromatic heterocycles. The molecule has 0 amide bonds. The van der Waals surface area contributed by atoms with Crippen LogP contribution in [0.4, 0.5) is 0 Å². The second-order valence-corrected chi connectivity index (χ2v) is 4.18. The van der Waals surface area contributed by atoms with E-state index in [-0.39, 0.29) is 0 Å². The summed E-state index contributed by atoms with van der Waals surface area (Å²) in [7, 11) is 0. The summed E-state index contributed by atoms with van der Waals surface area (Å²) in [6.45, 7) is 4.63. The van der Waals surface area contributed by atoms with Crippen LogP contribution in [0.3, 0.4) is 0 Å². The van der Waals surface area contributed by atoms with Crippen molar-refractivity contribution in [3.8, 4) is 0 Å². The van der Waals surface area contributed by atoms with Gasteiger partial charge in [0.15, 0.2) is 0 Å². The Balaban J connectivity index is 2.43. The highest BCUT2D eigenvalue weighted by Gasteiger charge is 2.00. The molecule has 0 saturated carbocycles. The maximum atomic E-state index is 2.32. The summed E-state index contributed by atoms with van der Waals surface area (Å²) < 4.78 is 0. The molecule has 0 spiro atoms. The third-order valence-electron chi connectivity index (χ3n) is 3.08. The molecule has 0 saturated heterocycles. The first-order chi connectivity index (χ1) is 5.80. The Kier molecular flexibility index (Phi) is 4.42. The van der Waals surface area contributed by atoms with Gasteiger partial charge in [-0.15, -0.1) is 0 Å². The molecule has 0 N–H and O–H groups in total. The summed E-state index contributed by atoms with van der Waals surface area (Å²) in [5.74, 6) is 0. The fourth-order valence-corrected chi connectivity index (χ4v) is 1.91. The highest BCUT2D eigenvalue weighted by Crippen LogP contribution is 2.21. The highest BCUT2D eigenvalue weighted by molar-refractivity contribution is 5.09. The summed E-state index contributed by atoms with van der Waals surface area (Å²) in [5.41, 5.74) is 3.33. The van der Waals surface area contributed by atoms with Crippen molar-refractivity contribution in [2.24, 2.45) is 0 Å². The highest BCUT2D eigenvalue weighted by atomic mass is 14.1. The van der Waals surface area contributed by atoms with Gasteiger partial charge in [0.1, 0.15) is 0 Å². The lowest BCUT2D eigenvalue weighted by molar-refractivity contribution is 0.578. The monoisotopic (exact) mass is 166 g/mol. The van der Waals surface area contributed by atoms with Crippen molar-refractivity contribution >= 4 is 0 Å². The van der Waals surface area contributed by atoms with Crippen molar-refractivity contribution in [3.63, 3.8) is 0 Å². The molecular weight excluding hydrogens is 144 g/mol. The zero-order valence-electron chi connectivity index (χ0n) is 8.66. The first-order valence-electron chi connectivity index (χ1n) is 5.46. The Labute approximate surface area is 77.1 Å². The lowest BCUT2D eigenvalue weighted by atomic mass is 9.96. The molecule has 0 aromatic rings. The van der Waals surface area contributed by atoms with Gasteiger partial charge in [-0.2, -0.15) is 0 Å². The van der Waals surface area contributed by atoms with Gasteiger partial charge in [-0.05, 0) is 39.5 Å². The predicted octanol–water partition coefficient (Wildman–Crippen LogP) is 4.46. The molecule has 0 bridgehead atoms. The molecule has 0 heteroatoms. The Morgan fingerprint density at radius 2 is 0.917 bits per heavy atom. The van der Waals surface area contributed by atoms with Crippen molar-refractivity contribution in [2.45, 2.75) is 65.2 Å². The summed E-state index contributed by atoms with van der Waals surface area (Å²) in [6.07, 6.45) is 11.4. The standard InChI is InChI=1S/C12H22/c1-11-9-7-5-3-4-6-8-10-12(11)2/h3-10H2,1-2H3/b12-11+. The fourth-order valence-electron chi connectivity index (χ4n) is 1.91. The molecule has 1 rings (SSSR count). The summed E-state index contributed by atoms with van der Waals surface area (Å²) in [6, 6.07) is 0. The summed E-state index contributed by atoms with van der Waals surface area (Å²) in [5, 5.41) is 0. The molecule has 0 atom stereocenters. The maximum absolute atomic E-state index is 2.32. The van der Waals surface area contributed by atoms with Crippen LogP contribution in [-0.2, 0) is 0 Å². The first kappa shape index (κ1) is 9.83. The second-order valence-electron chi connectivity index (χ2n) is 4.18. The molecule has 0 unspecified atom stereocenters. The lowest BCUT2D eigenvalue weighted by Gasteiger charge is -2.10. The molecule has 70 valence electrons. The molecule has 0 fully saturated rings. The number of rotatable bonds is 0. The molecule has 1 aliphatic carbocycles. The van der Waals surface area contributed by atoms with Crippen LogP contribution < -0.4 is 0 Å². The van der Waals surface area contributed by atoms with Crippen molar-refractivity contribution in [1.29, 1.82) is 0 Å². The van der Waals surface area contributed by atoms with Crippen molar-refractivity contribution in [1.82, 2.24) is 0 Å². The number of hydrogen-bond donors (Lipinski definition) is 0. The number of allylic oxidation sites excluding steroid dienone is 2. The van der Waals surface area contributed by atoms with Gasteiger partial charge in [-0.3, -0.25) is 0 Å². The molecule has 0 aromatic carbocycles. The van der Waals surface area contributed by atoms with Crippen molar-refractivity contribution in [3.05, 3.63) is 11.1 Å². The third-order valence-corrected chi connectivity index (χ3v) is 3.08. The first-order valence-corrected chi connectivity index (χ1v) is 5.46. The molecule has 0 heterocycles. The molecular formula is C12H22. The topological polar surface area (TPSA) is 0 Å². The average Bonchev–Trinajstić information content (AvgIpc) is 2.08. The normalized spacial score (nSPS) is 28.5. The SMILES string of the molecule is C/C1=C(/C)CCCCCCCC1. The van der Waals surface area contributed by atoms with Gasteiger partial charge in [-0.1, -0.05) is 36.8 Å². The van der Waals surface area contributed by atoms with Gasteiger partial charge in [0, 0.05) is 0 Å². The molecule has 1 aliphatic rings. The van der Waals surface area contributed by atoms with Gasteiger partial charge < -0.3 is 0 Å². The van der Waals surface area contributed by atoms with E-state index in [1.165, 1.54) is 51.4 Å². The smallest absolute Gasteiger partial charge is 0.0320 e. The zero-order chi connectivity index (χ0) is 8.81. The van der Waals surface area contributed by atoms with Gasteiger partial charge in [0.2, 0.25) is 0 Å². The number of hydrogen-bond acceptors (Lipinski definition) is 0. The minimum atomic E-state index is 1.35. The van der Waals surface area contributed by atoms with E-state index >= 15 is 0 Å². The van der Waals surface area contributed by atoms with Crippen LogP contribution in [0.25, 0.3) is 0 Å². The largest absolute Gasteiger partial charge is 0.0744 e. The van der Waals surface area contributed by atoms with Crippen LogP contribution in [0, 0.1) is 0 Å². The quantitative estimate of drug-likeness (QED) is 0.466. The Morgan fingerprint density at radius 1 is 0.583 bits per heavy atom. The van der Waals surface area contributed by atoms with E-state index < -0.39 is 0 Å². The van der Waals surface area contributed by atoms with E-state index in [9.17, 15) is 0 Å². The van der Waals surface area contributed by atoms with Crippen LogP contribution in [-0.4, -0.2) is 0 Å². The fraction of sp³-hybridized carbons (Fsp3) is 0.833. The van der Waals surface area contributed by atoms with Crippen molar-refractivity contribution in [2.75, 3.05) is 0 Å². The van der Waals surface area contributed by atoms with Crippen LogP contribution >= 0.6 is 0 Å². The minimum absolute atomic E-state index is 1.35. The predicted molar refractivity (Wildman–Crippen MR) is 55.3 cm³/mol. The van der Waals surface area contributed by atoms with Crippen molar-refractivity contribution < 1.29 is 0 Å². The third kappa shape index (κ3) is 3.42. The molecule has 0 nitrogen and oxygen atoms in total. The Morgan fingerprint density at radius 3 is 1.33 bits per heavy atom. The van der Waals surface area contributed by atoms with E-state index in [1.54, 1.807) is 11.1 Å². The molecule has 0 radical (unpaired) electrons. The van der Waals surface area contributed by atoms with Crippen LogP contribution in [0.5, 0.6) is 0 Å². The van der Waals surface area contributed by atoms with Crippen LogP contribution in [0.1, 0.15) is 65.2 Å². The average molecular weight is 166 g/mol. The van der Waals surface area contributed by atoms with Gasteiger partial charge in [0.05, 0.1) is 0 Å². The van der Waals surface area contributed by atoms with Crippen LogP contribution in [0.15, 0.2) is 11.1 Å². The van der Waals surface area contributed by atoms with E-state index in [0.29, 0.717) is 0 Å². The Hall–Kier alpha value is -0.260. The second kappa shape index (κ2) is 5.40. The van der Waals surface area contributed by atoms with E-state index in [2.05, 4.69) is 13.8 Å². The Bertz CT molecular complexity index is 135. The van der Waals surface area contributed by atoms with Crippen LogP contribution in [0.2, 0.25) is 0 Å². The summed E-state index contributed by atoms with van der Waals surface area (Å²) >= 11 is 0. The van der Waals surface area contributed by atoms with E-state index in [0.717, 1.165) is 0 Å². The summed E-state index contributed by atoms with van der Waals surface area (Å²) in [4.78, 5) is 0. The zero-order valence-corrected chi connectivity index (χ0v) is 8.66. The van der Waals surface area contributed by atoms with E-state index in [4.69, 9.17) is 0 Å². The minimum Gasteiger partial charge on any atom is -0.0744 e. The molecule has 0 aliphatic heterocycles. The van der Waals surface area contributed by atoms with E-state index in [1.807, 2.05) is 0 Å². The van der Waals surface area contributed by atoms with Gasteiger partial charge in [0.25, 0.3) is 0 Å². The molecule has 12 heavy (non-hydrogen) atoms. The van der Waals surface area contributed by atoms with Gasteiger partial charge in [-0.25, -0.2) is 0 Å².